The van der Waals surface area contributed by atoms with Gasteiger partial charge in [-0.25, -0.2) is 24.3 Å². The maximum Gasteiger partial charge on any atom is 0.223 e. The number of pyridine rings is 1. The predicted molar refractivity (Wildman–Crippen MR) is 121 cm³/mol. The standard InChI is InChI=1S/C22H23FN8O/c1-12(24)10-28-22-26-8-7-16(29-22)19-18(14-9-17(32-2)20(25)27-11-14)30-21(31-19)13-3-5-15(23)6-4-13/h3-9,11-12H,10,24H2,1-2H3,(H2,25,27)(H,30,31)(H,26,28,29)/t12-/m0/s1. The number of hydrogen-bond acceptors (Lipinski definition) is 8. The predicted octanol–water partition coefficient (Wildman–Crippen LogP) is 3.08. The molecule has 3 aromatic heterocycles. The number of ether oxygens (including phenoxy) is 1. The number of nitrogen functional groups attached to an aromatic ring is 1. The summed E-state index contributed by atoms with van der Waals surface area (Å²) in [5.41, 5.74) is 14.9. The Kier molecular flexibility index (Phi) is 5.95. The molecule has 0 aliphatic rings. The summed E-state index contributed by atoms with van der Waals surface area (Å²) < 4.78 is 18.7. The van der Waals surface area contributed by atoms with Crippen molar-refractivity contribution >= 4 is 11.8 Å². The number of halogens is 1. The number of hydrogen-bond donors (Lipinski definition) is 4. The first-order valence-electron chi connectivity index (χ1n) is 9.93. The Balaban J connectivity index is 1.83. The zero-order valence-corrected chi connectivity index (χ0v) is 17.6. The van der Waals surface area contributed by atoms with Crippen molar-refractivity contribution in [2.24, 2.45) is 5.73 Å². The molecule has 6 N–H and O–H groups in total. The van der Waals surface area contributed by atoms with Gasteiger partial charge in [-0.2, -0.15) is 0 Å². The second-order valence-corrected chi connectivity index (χ2v) is 7.25. The summed E-state index contributed by atoms with van der Waals surface area (Å²) in [5, 5.41) is 3.11. The summed E-state index contributed by atoms with van der Waals surface area (Å²) in [6.45, 7) is 2.42. The summed E-state index contributed by atoms with van der Waals surface area (Å²) in [7, 11) is 1.52. The highest BCUT2D eigenvalue weighted by Gasteiger charge is 2.18. The van der Waals surface area contributed by atoms with Crippen LogP contribution < -0.4 is 21.5 Å². The third-order valence-electron chi connectivity index (χ3n) is 4.69. The van der Waals surface area contributed by atoms with Crippen LogP contribution in [0.1, 0.15) is 6.92 Å². The molecule has 1 atom stereocenters. The molecule has 0 amide bonds. The van der Waals surface area contributed by atoms with Gasteiger partial charge in [0.15, 0.2) is 11.6 Å². The topological polar surface area (TPSA) is 141 Å². The van der Waals surface area contributed by atoms with E-state index in [4.69, 9.17) is 21.2 Å². The van der Waals surface area contributed by atoms with E-state index in [1.54, 1.807) is 36.7 Å². The van der Waals surface area contributed by atoms with Crippen molar-refractivity contribution in [2.75, 3.05) is 24.7 Å². The maximum atomic E-state index is 13.4. The number of benzene rings is 1. The molecule has 0 bridgehead atoms. The minimum Gasteiger partial charge on any atom is -0.493 e. The van der Waals surface area contributed by atoms with Crippen LogP contribution in [-0.2, 0) is 0 Å². The molecule has 32 heavy (non-hydrogen) atoms. The molecular weight excluding hydrogens is 411 g/mol. The zero-order valence-electron chi connectivity index (χ0n) is 17.6. The van der Waals surface area contributed by atoms with Crippen LogP contribution in [0.5, 0.6) is 5.75 Å². The highest BCUT2D eigenvalue weighted by atomic mass is 19.1. The Morgan fingerprint density at radius 2 is 1.91 bits per heavy atom. The molecule has 4 rings (SSSR count). The van der Waals surface area contributed by atoms with Crippen molar-refractivity contribution in [1.29, 1.82) is 0 Å². The van der Waals surface area contributed by atoms with Gasteiger partial charge in [-0.1, -0.05) is 0 Å². The lowest BCUT2D eigenvalue weighted by atomic mass is 10.1. The summed E-state index contributed by atoms with van der Waals surface area (Å²) in [6.07, 6.45) is 3.26. The van der Waals surface area contributed by atoms with Crippen LogP contribution in [0.2, 0.25) is 0 Å². The van der Waals surface area contributed by atoms with Gasteiger partial charge in [0.05, 0.1) is 18.5 Å². The minimum absolute atomic E-state index is 0.0524. The average Bonchev–Trinajstić information content (AvgIpc) is 3.24. The van der Waals surface area contributed by atoms with E-state index < -0.39 is 0 Å². The number of anilines is 2. The molecule has 0 saturated carbocycles. The SMILES string of the molecule is COc1cc(-c2nc(-c3ccc(F)cc3)[nH]c2-c2ccnc(NC[C@H](C)N)n2)cnc1N. The summed E-state index contributed by atoms with van der Waals surface area (Å²) in [6, 6.07) is 9.54. The van der Waals surface area contributed by atoms with Gasteiger partial charge in [-0.15, -0.1) is 0 Å². The number of aromatic amines is 1. The van der Waals surface area contributed by atoms with Crippen LogP contribution >= 0.6 is 0 Å². The van der Waals surface area contributed by atoms with E-state index in [-0.39, 0.29) is 17.7 Å². The van der Waals surface area contributed by atoms with Crippen molar-refractivity contribution in [3.05, 3.63) is 54.6 Å². The minimum atomic E-state index is -0.325. The third-order valence-corrected chi connectivity index (χ3v) is 4.69. The van der Waals surface area contributed by atoms with Crippen LogP contribution in [0.4, 0.5) is 16.2 Å². The lowest BCUT2D eigenvalue weighted by molar-refractivity contribution is 0.415. The van der Waals surface area contributed by atoms with Gasteiger partial charge in [-0.3, -0.25) is 0 Å². The monoisotopic (exact) mass is 434 g/mol. The van der Waals surface area contributed by atoms with Crippen molar-refractivity contribution in [3.8, 4) is 39.8 Å². The molecule has 0 aliphatic carbocycles. The molecule has 0 spiro atoms. The Morgan fingerprint density at radius 1 is 1.12 bits per heavy atom. The molecule has 3 heterocycles. The molecule has 1 aromatic carbocycles. The molecule has 0 unspecified atom stereocenters. The highest BCUT2D eigenvalue weighted by Crippen LogP contribution is 2.34. The molecule has 0 radical (unpaired) electrons. The molecule has 0 saturated heterocycles. The van der Waals surface area contributed by atoms with E-state index in [0.29, 0.717) is 46.7 Å². The number of nitrogens with one attached hydrogen (secondary N) is 2. The number of aromatic nitrogens is 5. The number of nitrogens with two attached hydrogens (primary N) is 2. The highest BCUT2D eigenvalue weighted by molar-refractivity contribution is 5.80. The van der Waals surface area contributed by atoms with Gasteiger partial charge in [0.1, 0.15) is 17.3 Å². The fourth-order valence-electron chi connectivity index (χ4n) is 3.10. The molecule has 10 heteroatoms. The summed E-state index contributed by atoms with van der Waals surface area (Å²) in [5.74, 6) is 1.37. The zero-order chi connectivity index (χ0) is 22.7. The lowest BCUT2D eigenvalue weighted by Crippen LogP contribution is -2.25. The van der Waals surface area contributed by atoms with Crippen LogP contribution in [0.15, 0.2) is 48.8 Å². The second-order valence-electron chi connectivity index (χ2n) is 7.25. The van der Waals surface area contributed by atoms with E-state index in [1.165, 1.54) is 19.2 Å². The third kappa shape index (κ3) is 4.49. The molecule has 0 aliphatic heterocycles. The Labute approximate surface area is 184 Å². The van der Waals surface area contributed by atoms with E-state index in [2.05, 4.69) is 25.3 Å². The Bertz CT molecular complexity index is 1220. The number of nitrogens with zero attached hydrogens (tertiary/aromatic N) is 4. The van der Waals surface area contributed by atoms with Gasteiger partial charge in [0, 0.05) is 36.1 Å². The van der Waals surface area contributed by atoms with E-state index in [1.807, 2.05) is 6.92 Å². The van der Waals surface area contributed by atoms with Gasteiger partial charge >= 0.3 is 0 Å². The van der Waals surface area contributed by atoms with Crippen molar-refractivity contribution < 1.29 is 9.13 Å². The van der Waals surface area contributed by atoms with Crippen LogP contribution in [0.25, 0.3) is 34.0 Å². The first-order valence-corrected chi connectivity index (χ1v) is 9.93. The number of imidazole rings is 1. The molecule has 4 aromatic rings. The van der Waals surface area contributed by atoms with Gasteiger partial charge in [0.25, 0.3) is 0 Å². The Hall–Kier alpha value is -4.05. The van der Waals surface area contributed by atoms with Crippen molar-refractivity contribution in [2.45, 2.75) is 13.0 Å². The number of methoxy groups -OCH3 is 1. The molecule has 164 valence electrons. The van der Waals surface area contributed by atoms with Crippen molar-refractivity contribution in [1.82, 2.24) is 24.9 Å². The quantitative estimate of drug-likeness (QED) is 0.348. The summed E-state index contributed by atoms with van der Waals surface area (Å²) >= 11 is 0. The summed E-state index contributed by atoms with van der Waals surface area (Å²) in [4.78, 5) is 21.1. The first kappa shape index (κ1) is 21.2. The maximum absolute atomic E-state index is 13.4. The van der Waals surface area contributed by atoms with Crippen LogP contribution in [-0.4, -0.2) is 44.6 Å². The largest absolute Gasteiger partial charge is 0.493 e. The fraction of sp³-hybridized carbons (Fsp3) is 0.182. The van der Waals surface area contributed by atoms with Crippen LogP contribution in [0, 0.1) is 5.82 Å². The van der Waals surface area contributed by atoms with Gasteiger partial charge in [-0.05, 0) is 43.3 Å². The van der Waals surface area contributed by atoms with Gasteiger partial charge in [0.2, 0.25) is 5.95 Å². The van der Waals surface area contributed by atoms with E-state index >= 15 is 0 Å². The smallest absolute Gasteiger partial charge is 0.223 e. The van der Waals surface area contributed by atoms with Gasteiger partial charge < -0.3 is 26.5 Å². The molecular formula is C22H23FN8O. The average molecular weight is 434 g/mol. The fourth-order valence-corrected chi connectivity index (χ4v) is 3.10. The number of H-pyrrole nitrogens is 1. The molecule has 9 nitrogen and oxygen atoms in total. The normalized spacial score (nSPS) is 11.9. The first-order chi connectivity index (χ1) is 15.4. The van der Waals surface area contributed by atoms with E-state index in [9.17, 15) is 4.39 Å². The molecule has 0 fully saturated rings. The number of rotatable bonds is 7. The second kappa shape index (κ2) is 8.98. The lowest BCUT2D eigenvalue weighted by Gasteiger charge is -2.09. The van der Waals surface area contributed by atoms with E-state index in [0.717, 1.165) is 5.56 Å². The van der Waals surface area contributed by atoms with Crippen molar-refractivity contribution in [3.63, 3.8) is 0 Å². The Morgan fingerprint density at radius 3 is 2.62 bits per heavy atom. The van der Waals surface area contributed by atoms with Crippen LogP contribution in [0.3, 0.4) is 0 Å².